The highest BCUT2D eigenvalue weighted by atomic mass is 35.5. The van der Waals surface area contributed by atoms with Crippen molar-refractivity contribution in [1.82, 2.24) is 0 Å². The lowest BCUT2D eigenvalue weighted by Crippen LogP contribution is -2.57. The van der Waals surface area contributed by atoms with Gasteiger partial charge in [0, 0.05) is 22.0 Å². The van der Waals surface area contributed by atoms with E-state index in [-0.39, 0.29) is 5.69 Å². The first-order valence-corrected chi connectivity index (χ1v) is 11.1. The van der Waals surface area contributed by atoms with E-state index in [1.807, 2.05) is 0 Å². The molecule has 1 fully saturated rings. The molecule has 2 amide bonds. The highest BCUT2D eigenvalue weighted by molar-refractivity contribution is 6.31. The third-order valence-electron chi connectivity index (χ3n) is 7.37. The molecule has 0 unspecified atom stereocenters. The number of rotatable bonds is 2. The molecule has 3 aliphatic carbocycles. The number of carbonyl (C=O) groups is 2. The van der Waals surface area contributed by atoms with Crippen molar-refractivity contribution in [2.75, 3.05) is 4.90 Å². The zero-order chi connectivity index (χ0) is 24.9. The van der Waals surface area contributed by atoms with Gasteiger partial charge in [0.2, 0.25) is 11.8 Å². The minimum Gasteiger partial charge on any atom is -0.274 e. The minimum absolute atomic E-state index is 0.322. The van der Waals surface area contributed by atoms with Crippen LogP contribution in [-0.2, 0) is 21.3 Å². The van der Waals surface area contributed by atoms with Gasteiger partial charge >= 0.3 is 6.18 Å². The molecule has 4 aliphatic rings. The number of hydrogen-bond donors (Lipinski definition) is 0. The molecule has 0 N–H and O–H groups in total. The average molecular weight is 499 g/mol. The summed E-state index contributed by atoms with van der Waals surface area (Å²) in [7, 11) is 0. The van der Waals surface area contributed by atoms with Crippen molar-refractivity contribution in [3.63, 3.8) is 0 Å². The third kappa shape index (κ3) is 2.56. The van der Waals surface area contributed by atoms with Crippen molar-refractivity contribution in [2.45, 2.75) is 17.6 Å². The molecule has 1 heterocycles. The van der Waals surface area contributed by atoms with Crippen LogP contribution in [0.2, 0.25) is 5.02 Å². The predicted octanol–water partition coefficient (Wildman–Crippen LogP) is 5.14. The second-order valence-electron chi connectivity index (χ2n) is 8.85. The van der Waals surface area contributed by atoms with E-state index in [0.29, 0.717) is 33.2 Å². The molecule has 1 aliphatic heterocycles. The number of carbonyl (C=O) groups excluding carboxylic acids is 2. The number of benzene rings is 3. The van der Waals surface area contributed by atoms with Crippen LogP contribution < -0.4 is 4.90 Å². The van der Waals surface area contributed by atoms with Gasteiger partial charge < -0.3 is 0 Å². The molecule has 35 heavy (non-hydrogen) atoms. The second kappa shape index (κ2) is 6.91. The van der Waals surface area contributed by atoms with E-state index in [1.165, 1.54) is 0 Å². The van der Waals surface area contributed by atoms with Crippen molar-refractivity contribution in [2.24, 2.45) is 11.8 Å². The quantitative estimate of drug-likeness (QED) is 0.278. The van der Waals surface area contributed by atoms with Gasteiger partial charge in [-0.25, -0.2) is 4.90 Å². The summed E-state index contributed by atoms with van der Waals surface area (Å²) in [6, 6.07) is 16.0. The van der Waals surface area contributed by atoms with Crippen molar-refractivity contribution in [3.8, 4) is 0 Å². The third-order valence-corrected chi connectivity index (χ3v) is 7.70. The lowest BCUT2D eigenvalue weighted by Gasteiger charge is -2.48. The standard InChI is InChI=1S/C25H14ClF3N2O4/c26-18-10-9-12(11-17(18)25(27,28)29)30-22(32)20-19-13-5-1-3-7-15(13)24(31(34)35,21(20)23(30)33)16-8-4-2-6-14(16)19/h1-11,19-21H/t19?,20-,21+,24?/m0/s1. The van der Waals surface area contributed by atoms with Crippen molar-refractivity contribution in [1.29, 1.82) is 0 Å². The summed E-state index contributed by atoms with van der Waals surface area (Å²) in [5, 5.41) is 12.3. The van der Waals surface area contributed by atoms with Crippen LogP contribution in [0.4, 0.5) is 18.9 Å². The Morgan fingerprint density at radius 1 is 0.914 bits per heavy atom. The molecule has 1 saturated heterocycles. The van der Waals surface area contributed by atoms with Crippen LogP contribution in [0.3, 0.4) is 0 Å². The Morgan fingerprint density at radius 3 is 2.03 bits per heavy atom. The lowest BCUT2D eigenvalue weighted by molar-refractivity contribution is -0.578. The van der Waals surface area contributed by atoms with Crippen molar-refractivity contribution in [3.05, 3.63) is 110 Å². The Kier molecular flexibility index (Phi) is 4.30. The van der Waals surface area contributed by atoms with Crippen LogP contribution in [0.15, 0.2) is 66.7 Å². The minimum atomic E-state index is -4.82. The summed E-state index contributed by atoms with van der Waals surface area (Å²) in [6.07, 6.45) is -4.82. The van der Waals surface area contributed by atoms with E-state index in [1.54, 1.807) is 48.5 Å². The zero-order valence-electron chi connectivity index (χ0n) is 17.6. The van der Waals surface area contributed by atoms with Crippen LogP contribution in [0.1, 0.15) is 33.7 Å². The average Bonchev–Trinajstić information content (AvgIpc) is 3.09. The molecule has 2 atom stereocenters. The SMILES string of the molecule is O=C1[C@H]2C3c4ccccc4C([N+](=O)[O-])(c4ccccc43)[C@H]2C(=O)N1c1ccc(Cl)c(C(F)(F)F)c1. The largest absolute Gasteiger partial charge is 0.417 e. The van der Waals surface area contributed by atoms with Crippen LogP contribution in [0.5, 0.6) is 0 Å². The summed E-state index contributed by atoms with van der Waals surface area (Å²) in [4.78, 5) is 40.5. The molecule has 7 rings (SSSR count). The Bertz CT molecular complexity index is 1420. The normalized spacial score (nSPS) is 26.4. The first-order chi connectivity index (χ1) is 16.6. The van der Waals surface area contributed by atoms with E-state index in [9.17, 15) is 32.9 Å². The van der Waals surface area contributed by atoms with E-state index in [0.717, 1.165) is 12.1 Å². The molecule has 6 nitrogen and oxygen atoms in total. The lowest BCUT2D eigenvalue weighted by atomic mass is 9.51. The number of nitro groups is 1. The van der Waals surface area contributed by atoms with Gasteiger partial charge in [-0.1, -0.05) is 60.1 Å². The summed E-state index contributed by atoms with van der Waals surface area (Å²) in [5.74, 6) is -4.87. The van der Waals surface area contributed by atoms with E-state index in [4.69, 9.17) is 11.6 Å². The molecule has 0 saturated carbocycles. The summed E-state index contributed by atoms with van der Waals surface area (Å²) >= 11 is 5.73. The topological polar surface area (TPSA) is 80.5 Å². The number of alkyl halides is 3. The van der Waals surface area contributed by atoms with Gasteiger partial charge in [0.05, 0.1) is 22.2 Å². The second-order valence-corrected chi connectivity index (χ2v) is 9.26. The molecule has 2 bridgehead atoms. The first-order valence-electron chi connectivity index (χ1n) is 10.7. The van der Waals surface area contributed by atoms with Gasteiger partial charge in [0.15, 0.2) is 0 Å². The smallest absolute Gasteiger partial charge is 0.274 e. The van der Waals surface area contributed by atoms with Gasteiger partial charge in [-0.2, -0.15) is 13.2 Å². The monoisotopic (exact) mass is 498 g/mol. The molecule has 176 valence electrons. The fourth-order valence-corrected chi connectivity index (χ4v) is 6.39. The van der Waals surface area contributed by atoms with E-state index < -0.39 is 56.8 Å². The summed E-state index contributed by atoms with van der Waals surface area (Å²) in [5.41, 5.74) is -1.79. The Hall–Kier alpha value is -3.72. The number of nitrogens with zero attached hydrogens (tertiary/aromatic N) is 2. The predicted molar refractivity (Wildman–Crippen MR) is 118 cm³/mol. The van der Waals surface area contributed by atoms with Crippen molar-refractivity contribution < 1.29 is 27.7 Å². The Labute approximate surface area is 201 Å². The molecule has 0 aromatic heterocycles. The van der Waals surface area contributed by atoms with Gasteiger partial charge in [-0.15, -0.1) is 0 Å². The van der Waals surface area contributed by atoms with Crippen molar-refractivity contribution >= 4 is 29.1 Å². The summed E-state index contributed by atoms with van der Waals surface area (Å²) in [6.45, 7) is 0. The van der Waals surface area contributed by atoms with Gasteiger partial charge in [-0.3, -0.25) is 19.7 Å². The fraction of sp³-hybridized carbons (Fsp3) is 0.200. The molecule has 0 radical (unpaired) electrons. The molecule has 0 spiro atoms. The van der Waals surface area contributed by atoms with Gasteiger partial charge in [-0.05, 0) is 29.3 Å². The molecule has 3 aromatic rings. The van der Waals surface area contributed by atoms with Crippen LogP contribution in [-0.4, -0.2) is 16.7 Å². The maximum absolute atomic E-state index is 13.8. The summed E-state index contributed by atoms with van der Waals surface area (Å²) < 4.78 is 40.5. The number of halogens is 4. The maximum atomic E-state index is 13.8. The van der Waals surface area contributed by atoms with Crippen LogP contribution >= 0.6 is 11.6 Å². The molecule has 10 heteroatoms. The molecular formula is C25H14ClF3N2O4. The molecule has 3 aromatic carbocycles. The number of hydrogen-bond acceptors (Lipinski definition) is 4. The van der Waals surface area contributed by atoms with Crippen LogP contribution in [0, 0.1) is 22.0 Å². The van der Waals surface area contributed by atoms with Crippen LogP contribution in [0.25, 0.3) is 0 Å². The zero-order valence-corrected chi connectivity index (χ0v) is 18.4. The van der Waals surface area contributed by atoms with E-state index >= 15 is 0 Å². The Morgan fingerprint density at radius 2 is 1.49 bits per heavy atom. The Balaban J connectivity index is 1.61. The van der Waals surface area contributed by atoms with E-state index in [2.05, 4.69) is 0 Å². The fourth-order valence-electron chi connectivity index (χ4n) is 6.17. The highest BCUT2D eigenvalue weighted by Gasteiger charge is 2.74. The number of amides is 2. The first kappa shape index (κ1) is 21.8. The number of imide groups is 1. The van der Waals surface area contributed by atoms with Gasteiger partial charge in [0.25, 0.3) is 5.54 Å². The van der Waals surface area contributed by atoms with Gasteiger partial charge in [0.1, 0.15) is 5.92 Å². The molecular weight excluding hydrogens is 485 g/mol. The maximum Gasteiger partial charge on any atom is 0.417 e. The number of anilines is 1. The highest BCUT2D eigenvalue weighted by Crippen LogP contribution is 2.64.